The highest BCUT2D eigenvalue weighted by atomic mass is 35.5. The molecule has 1 N–H and O–H groups in total. The molecule has 0 bridgehead atoms. The van der Waals surface area contributed by atoms with E-state index in [1.165, 1.54) is 0 Å². The number of nitrogens with zero attached hydrogens (tertiary/aromatic N) is 3. The van der Waals surface area contributed by atoms with Gasteiger partial charge in [0.15, 0.2) is 0 Å². The first-order valence-corrected chi connectivity index (χ1v) is 13.0. The highest BCUT2D eigenvalue weighted by Crippen LogP contribution is 2.28. The standard InChI is InChI=1S/C28H34Cl2N4O2/c1-6-7-10-15-33(27(36)20-13-14-21(29)22(30)16-20)18-26(35)31-25-17-24(28(3,4)5)32-34(25)23-12-9-8-11-19(23)2/h8-9,11-14,16-17H,6-7,10,15,18H2,1-5H3,(H,31,35). The van der Waals surface area contributed by atoms with Gasteiger partial charge in [0.25, 0.3) is 5.91 Å². The van der Waals surface area contributed by atoms with Crippen molar-refractivity contribution in [2.24, 2.45) is 0 Å². The number of benzene rings is 2. The van der Waals surface area contributed by atoms with Crippen LogP contribution in [-0.4, -0.2) is 39.6 Å². The van der Waals surface area contributed by atoms with Crippen molar-refractivity contribution in [1.29, 1.82) is 0 Å². The Labute approximate surface area is 223 Å². The summed E-state index contributed by atoms with van der Waals surface area (Å²) in [7, 11) is 0. The average molecular weight is 530 g/mol. The lowest BCUT2D eigenvalue weighted by atomic mass is 9.92. The van der Waals surface area contributed by atoms with Crippen LogP contribution in [0.1, 0.15) is 68.6 Å². The van der Waals surface area contributed by atoms with E-state index in [0.717, 1.165) is 36.2 Å². The van der Waals surface area contributed by atoms with E-state index >= 15 is 0 Å². The van der Waals surface area contributed by atoms with Crippen LogP contribution in [0.15, 0.2) is 48.5 Å². The molecule has 0 unspecified atom stereocenters. The Morgan fingerprint density at radius 1 is 1.03 bits per heavy atom. The number of rotatable bonds is 9. The molecular formula is C28H34Cl2N4O2. The Hall–Kier alpha value is -2.83. The molecule has 36 heavy (non-hydrogen) atoms. The number of amides is 2. The van der Waals surface area contributed by atoms with Crippen molar-refractivity contribution in [1.82, 2.24) is 14.7 Å². The van der Waals surface area contributed by atoms with Gasteiger partial charge in [-0.2, -0.15) is 5.10 Å². The summed E-state index contributed by atoms with van der Waals surface area (Å²) in [6, 6.07) is 14.5. The van der Waals surface area contributed by atoms with Gasteiger partial charge in [0.2, 0.25) is 5.91 Å². The third-order valence-electron chi connectivity index (χ3n) is 5.91. The number of nitrogens with one attached hydrogen (secondary N) is 1. The fourth-order valence-electron chi connectivity index (χ4n) is 3.79. The van der Waals surface area contributed by atoms with Gasteiger partial charge < -0.3 is 10.2 Å². The molecule has 0 spiro atoms. The minimum Gasteiger partial charge on any atom is -0.329 e. The number of halogens is 2. The molecule has 192 valence electrons. The normalized spacial score (nSPS) is 11.4. The van der Waals surface area contributed by atoms with Crippen molar-refractivity contribution < 1.29 is 9.59 Å². The van der Waals surface area contributed by atoms with Gasteiger partial charge in [-0.05, 0) is 43.2 Å². The van der Waals surface area contributed by atoms with Crippen LogP contribution in [0.3, 0.4) is 0 Å². The van der Waals surface area contributed by atoms with Crippen LogP contribution in [0.4, 0.5) is 5.82 Å². The summed E-state index contributed by atoms with van der Waals surface area (Å²) in [6.07, 6.45) is 2.76. The van der Waals surface area contributed by atoms with Gasteiger partial charge in [0.05, 0.1) is 21.4 Å². The summed E-state index contributed by atoms with van der Waals surface area (Å²) < 4.78 is 1.76. The van der Waals surface area contributed by atoms with Gasteiger partial charge >= 0.3 is 0 Å². The Balaban J connectivity index is 1.87. The van der Waals surface area contributed by atoms with E-state index < -0.39 is 0 Å². The first-order valence-electron chi connectivity index (χ1n) is 12.2. The first-order chi connectivity index (χ1) is 17.0. The molecule has 3 rings (SSSR count). The topological polar surface area (TPSA) is 67.2 Å². The predicted molar refractivity (Wildman–Crippen MR) is 148 cm³/mol. The van der Waals surface area contributed by atoms with Crippen LogP contribution >= 0.6 is 23.2 Å². The fourth-order valence-corrected chi connectivity index (χ4v) is 4.09. The van der Waals surface area contributed by atoms with E-state index in [1.807, 2.05) is 37.3 Å². The van der Waals surface area contributed by atoms with Crippen molar-refractivity contribution >= 4 is 40.8 Å². The number of aryl methyl sites for hydroxylation is 1. The Kier molecular flexibility index (Phi) is 9.20. The molecule has 0 atom stereocenters. The molecular weight excluding hydrogens is 495 g/mol. The largest absolute Gasteiger partial charge is 0.329 e. The molecule has 0 aliphatic rings. The van der Waals surface area contributed by atoms with E-state index in [-0.39, 0.29) is 23.8 Å². The van der Waals surface area contributed by atoms with E-state index in [0.29, 0.717) is 28.0 Å². The molecule has 3 aromatic rings. The molecule has 1 heterocycles. The van der Waals surface area contributed by atoms with Gasteiger partial charge in [-0.25, -0.2) is 4.68 Å². The van der Waals surface area contributed by atoms with E-state index in [9.17, 15) is 9.59 Å². The number of hydrogen-bond donors (Lipinski definition) is 1. The van der Waals surface area contributed by atoms with Crippen LogP contribution in [0.2, 0.25) is 10.0 Å². The van der Waals surface area contributed by atoms with Crippen molar-refractivity contribution in [2.75, 3.05) is 18.4 Å². The number of aromatic nitrogens is 2. The summed E-state index contributed by atoms with van der Waals surface area (Å²) >= 11 is 12.2. The zero-order valence-electron chi connectivity index (χ0n) is 21.6. The quantitative estimate of drug-likeness (QED) is 0.302. The maximum atomic E-state index is 13.3. The second kappa shape index (κ2) is 11.9. The van der Waals surface area contributed by atoms with Crippen LogP contribution in [0.5, 0.6) is 0 Å². The molecule has 1 aromatic heterocycles. The highest BCUT2D eigenvalue weighted by Gasteiger charge is 2.24. The minimum absolute atomic E-state index is 0.0907. The van der Waals surface area contributed by atoms with Crippen molar-refractivity contribution in [3.8, 4) is 5.69 Å². The second-order valence-corrected chi connectivity index (χ2v) is 10.8. The summed E-state index contributed by atoms with van der Waals surface area (Å²) in [5.74, 6) is 0.00688. The number of unbranched alkanes of at least 4 members (excludes halogenated alkanes) is 2. The molecule has 0 fully saturated rings. The molecule has 6 nitrogen and oxygen atoms in total. The molecule has 0 aliphatic carbocycles. The van der Waals surface area contributed by atoms with Gasteiger partial charge in [0, 0.05) is 23.6 Å². The van der Waals surface area contributed by atoms with Crippen molar-refractivity contribution in [3.63, 3.8) is 0 Å². The molecule has 0 aliphatic heterocycles. The lowest BCUT2D eigenvalue weighted by Gasteiger charge is -2.22. The summed E-state index contributed by atoms with van der Waals surface area (Å²) in [5.41, 5.74) is 2.97. The number of para-hydroxylation sites is 1. The van der Waals surface area contributed by atoms with Gasteiger partial charge in [0.1, 0.15) is 12.4 Å². The summed E-state index contributed by atoms with van der Waals surface area (Å²) in [6.45, 7) is 10.7. The smallest absolute Gasteiger partial charge is 0.254 e. The van der Waals surface area contributed by atoms with Crippen LogP contribution in [0.25, 0.3) is 5.69 Å². The van der Waals surface area contributed by atoms with Gasteiger partial charge in [-0.3, -0.25) is 9.59 Å². The Bertz CT molecular complexity index is 1230. The third-order valence-corrected chi connectivity index (χ3v) is 6.65. The summed E-state index contributed by atoms with van der Waals surface area (Å²) in [5, 5.41) is 8.48. The van der Waals surface area contributed by atoms with E-state index in [1.54, 1.807) is 27.8 Å². The second-order valence-electron chi connectivity index (χ2n) is 9.97. The van der Waals surface area contributed by atoms with E-state index in [2.05, 4.69) is 33.0 Å². The third kappa shape index (κ3) is 6.89. The zero-order valence-corrected chi connectivity index (χ0v) is 23.1. The van der Waals surface area contributed by atoms with Crippen molar-refractivity contribution in [3.05, 3.63) is 75.4 Å². The van der Waals surface area contributed by atoms with Gasteiger partial charge in [-0.15, -0.1) is 0 Å². The SMILES string of the molecule is CCCCCN(CC(=O)Nc1cc(C(C)(C)C)nn1-c1ccccc1C)C(=O)c1ccc(Cl)c(Cl)c1. The maximum absolute atomic E-state index is 13.3. The minimum atomic E-state index is -0.296. The summed E-state index contributed by atoms with van der Waals surface area (Å²) in [4.78, 5) is 28.1. The van der Waals surface area contributed by atoms with Crippen LogP contribution in [-0.2, 0) is 10.2 Å². The molecule has 8 heteroatoms. The number of anilines is 1. The number of carbonyl (C=O) groups is 2. The van der Waals surface area contributed by atoms with Gasteiger partial charge in [-0.1, -0.05) is 81.9 Å². The predicted octanol–water partition coefficient (Wildman–Crippen LogP) is 7.06. The maximum Gasteiger partial charge on any atom is 0.254 e. The van der Waals surface area contributed by atoms with Crippen LogP contribution in [0, 0.1) is 6.92 Å². The molecule has 0 saturated carbocycles. The number of hydrogen-bond acceptors (Lipinski definition) is 3. The molecule has 0 saturated heterocycles. The van der Waals surface area contributed by atoms with Crippen LogP contribution < -0.4 is 5.32 Å². The monoisotopic (exact) mass is 528 g/mol. The zero-order chi connectivity index (χ0) is 26.5. The van der Waals surface area contributed by atoms with E-state index in [4.69, 9.17) is 28.3 Å². The molecule has 2 aromatic carbocycles. The highest BCUT2D eigenvalue weighted by molar-refractivity contribution is 6.42. The molecule has 2 amide bonds. The molecule has 0 radical (unpaired) electrons. The fraction of sp³-hybridized carbons (Fsp3) is 0.393. The Morgan fingerprint density at radius 2 is 1.75 bits per heavy atom. The average Bonchev–Trinajstić information content (AvgIpc) is 3.24. The first kappa shape index (κ1) is 27.8. The lowest BCUT2D eigenvalue weighted by Crippen LogP contribution is -2.39. The lowest BCUT2D eigenvalue weighted by molar-refractivity contribution is -0.117. The number of carbonyl (C=O) groups excluding carboxylic acids is 2. The van der Waals surface area contributed by atoms with Crippen molar-refractivity contribution in [2.45, 2.75) is 59.3 Å². The Morgan fingerprint density at radius 3 is 2.39 bits per heavy atom.